The SMILES string of the molecule is NC1=NCC2(CCCC2)N1C1CC1. The lowest BCUT2D eigenvalue weighted by molar-refractivity contribution is 0.198. The van der Waals surface area contributed by atoms with Crippen molar-refractivity contribution in [3.63, 3.8) is 0 Å². The van der Waals surface area contributed by atoms with Crippen molar-refractivity contribution >= 4 is 5.96 Å². The predicted molar refractivity (Wildman–Crippen MR) is 52.5 cm³/mol. The molecule has 2 saturated carbocycles. The van der Waals surface area contributed by atoms with Gasteiger partial charge >= 0.3 is 0 Å². The number of hydrogen-bond donors (Lipinski definition) is 1. The van der Waals surface area contributed by atoms with E-state index in [1.54, 1.807) is 0 Å². The quantitative estimate of drug-likeness (QED) is 0.654. The van der Waals surface area contributed by atoms with Crippen LogP contribution in [0.2, 0.25) is 0 Å². The highest BCUT2D eigenvalue weighted by Gasteiger charge is 2.49. The zero-order valence-corrected chi connectivity index (χ0v) is 8.00. The third-order valence-corrected chi connectivity index (χ3v) is 3.74. The fourth-order valence-corrected chi connectivity index (χ4v) is 2.96. The van der Waals surface area contributed by atoms with E-state index in [0.29, 0.717) is 5.54 Å². The zero-order valence-electron chi connectivity index (χ0n) is 8.00. The fraction of sp³-hybridized carbons (Fsp3) is 0.900. The number of guanidine groups is 1. The maximum atomic E-state index is 5.95. The molecule has 0 atom stereocenters. The second-order valence-corrected chi connectivity index (χ2v) is 4.71. The molecule has 0 aromatic rings. The molecule has 0 bridgehead atoms. The summed E-state index contributed by atoms with van der Waals surface area (Å²) in [5, 5.41) is 0. The van der Waals surface area contributed by atoms with Crippen LogP contribution in [0.25, 0.3) is 0 Å². The zero-order chi connectivity index (χ0) is 8.89. The first kappa shape index (κ1) is 7.65. The van der Waals surface area contributed by atoms with E-state index in [2.05, 4.69) is 9.89 Å². The van der Waals surface area contributed by atoms with E-state index in [-0.39, 0.29) is 0 Å². The Kier molecular flexibility index (Phi) is 1.41. The Morgan fingerprint density at radius 3 is 2.62 bits per heavy atom. The summed E-state index contributed by atoms with van der Waals surface area (Å²) in [6, 6.07) is 0.740. The van der Waals surface area contributed by atoms with Crippen molar-refractivity contribution in [2.75, 3.05) is 6.54 Å². The van der Waals surface area contributed by atoms with Gasteiger partial charge in [0.15, 0.2) is 5.96 Å². The molecule has 2 aliphatic carbocycles. The van der Waals surface area contributed by atoms with Crippen LogP contribution in [0.5, 0.6) is 0 Å². The van der Waals surface area contributed by atoms with Crippen molar-refractivity contribution in [2.24, 2.45) is 10.7 Å². The number of rotatable bonds is 1. The summed E-state index contributed by atoms with van der Waals surface area (Å²) in [6.45, 7) is 0.968. The minimum absolute atomic E-state index is 0.366. The minimum atomic E-state index is 0.366. The Bertz CT molecular complexity index is 249. The van der Waals surface area contributed by atoms with Gasteiger partial charge in [-0.05, 0) is 25.7 Å². The van der Waals surface area contributed by atoms with E-state index in [1.165, 1.54) is 38.5 Å². The van der Waals surface area contributed by atoms with E-state index < -0.39 is 0 Å². The van der Waals surface area contributed by atoms with Crippen LogP contribution in [0.1, 0.15) is 38.5 Å². The molecular formula is C10H17N3. The third-order valence-electron chi connectivity index (χ3n) is 3.74. The maximum absolute atomic E-state index is 5.95. The largest absolute Gasteiger partial charge is 0.370 e. The standard InChI is InChI=1S/C10H17N3/c11-9-12-7-10(5-1-2-6-10)13(9)8-3-4-8/h8H,1-7H2,(H2,11,12). The minimum Gasteiger partial charge on any atom is -0.370 e. The molecule has 2 N–H and O–H groups in total. The summed E-state index contributed by atoms with van der Waals surface area (Å²) in [5.74, 6) is 0.824. The average Bonchev–Trinajstić information content (AvgIpc) is 2.75. The van der Waals surface area contributed by atoms with Gasteiger partial charge in [0.1, 0.15) is 0 Å². The lowest BCUT2D eigenvalue weighted by Crippen LogP contribution is -2.51. The van der Waals surface area contributed by atoms with E-state index in [0.717, 1.165) is 18.5 Å². The van der Waals surface area contributed by atoms with Gasteiger partial charge in [0.05, 0.1) is 12.1 Å². The molecule has 0 saturated heterocycles. The van der Waals surface area contributed by atoms with E-state index in [4.69, 9.17) is 5.73 Å². The second-order valence-electron chi connectivity index (χ2n) is 4.71. The number of nitrogens with two attached hydrogens (primary N) is 1. The van der Waals surface area contributed by atoms with Crippen LogP contribution in [0, 0.1) is 0 Å². The summed E-state index contributed by atoms with van der Waals surface area (Å²) >= 11 is 0. The van der Waals surface area contributed by atoms with Gasteiger partial charge < -0.3 is 10.6 Å². The molecule has 0 aromatic heterocycles. The molecule has 3 nitrogen and oxygen atoms in total. The summed E-state index contributed by atoms with van der Waals surface area (Å²) in [6.07, 6.45) is 8.02. The lowest BCUT2D eigenvalue weighted by atomic mass is 9.96. The van der Waals surface area contributed by atoms with Gasteiger partial charge in [0, 0.05) is 6.04 Å². The molecule has 3 heteroatoms. The molecule has 1 heterocycles. The summed E-state index contributed by atoms with van der Waals surface area (Å²) in [7, 11) is 0. The lowest BCUT2D eigenvalue weighted by Gasteiger charge is -2.36. The van der Waals surface area contributed by atoms with Crippen molar-refractivity contribution in [3.05, 3.63) is 0 Å². The third kappa shape index (κ3) is 0.990. The molecule has 1 spiro atoms. The Morgan fingerprint density at radius 2 is 2.00 bits per heavy atom. The monoisotopic (exact) mass is 179 g/mol. The highest BCUT2D eigenvalue weighted by molar-refractivity contribution is 5.81. The highest BCUT2D eigenvalue weighted by atomic mass is 15.4. The van der Waals surface area contributed by atoms with Crippen molar-refractivity contribution in [1.82, 2.24) is 4.90 Å². The van der Waals surface area contributed by atoms with Gasteiger partial charge in [0.2, 0.25) is 0 Å². The van der Waals surface area contributed by atoms with Crippen LogP contribution in [0.4, 0.5) is 0 Å². The molecule has 13 heavy (non-hydrogen) atoms. The van der Waals surface area contributed by atoms with Gasteiger partial charge in [-0.2, -0.15) is 0 Å². The molecule has 0 amide bonds. The van der Waals surface area contributed by atoms with Crippen LogP contribution in [-0.2, 0) is 0 Å². The first-order valence-corrected chi connectivity index (χ1v) is 5.41. The van der Waals surface area contributed by atoms with Gasteiger partial charge in [-0.3, -0.25) is 4.99 Å². The van der Waals surface area contributed by atoms with Gasteiger partial charge in [-0.25, -0.2) is 0 Å². The first-order valence-electron chi connectivity index (χ1n) is 5.41. The molecule has 72 valence electrons. The molecule has 1 aliphatic heterocycles. The Morgan fingerprint density at radius 1 is 1.31 bits per heavy atom. The van der Waals surface area contributed by atoms with E-state index in [1.807, 2.05) is 0 Å². The summed E-state index contributed by atoms with van der Waals surface area (Å²) in [5.41, 5.74) is 6.32. The number of aliphatic imine (C=N–C) groups is 1. The normalized spacial score (nSPS) is 31.4. The maximum Gasteiger partial charge on any atom is 0.192 e. The van der Waals surface area contributed by atoms with E-state index >= 15 is 0 Å². The topological polar surface area (TPSA) is 41.6 Å². The first-order chi connectivity index (χ1) is 6.32. The van der Waals surface area contributed by atoms with Crippen molar-refractivity contribution in [1.29, 1.82) is 0 Å². The van der Waals surface area contributed by atoms with Crippen LogP contribution in [0.3, 0.4) is 0 Å². The second kappa shape index (κ2) is 2.40. The van der Waals surface area contributed by atoms with E-state index in [9.17, 15) is 0 Å². The molecule has 3 aliphatic rings. The molecular weight excluding hydrogens is 162 g/mol. The number of nitrogens with zero attached hydrogens (tertiary/aromatic N) is 2. The molecule has 3 rings (SSSR count). The Balaban J connectivity index is 1.88. The van der Waals surface area contributed by atoms with Crippen LogP contribution in [-0.4, -0.2) is 29.0 Å². The number of hydrogen-bond acceptors (Lipinski definition) is 3. The Labute approximate surface area is 79.0 Å². The van der Waals surface area contributed by atoms with Crippen LogP contribution < -0.4 is 5.73 Å². The van der Waals surface area contributed by atoms with Crippen molar-refractivity contribution in [3.8, 4) is 0 Å². The molecule has 0 radical (unpaired) electrons. The van der Waals surface area contributed by atoms with Crippen molar-refractivity contribution < 1.29 is 0 Å². The molecule has 0 aromatic carbocycles. The van der Waals surface area contributed by atoms with Crippen molar-refractivity contribution in [2.45, 2.75) is 50.1 Å². The van der Waals surface area contributed by atoms with Gasteiger partial charge in [0.25, 0.3) is 0 Å². The molecule has 0 unspecified atom stereocenters. The fourth-order valence-electron chi connectivity index (χ4n) is 2.96. The summed E-state index contributed by atoms with van der Waals surface area (Å²) in [4.78, 5) is 6.88. The summed E-state index contributed by atoms with van der Waals surface area (Å²) < 4.78 is 0. The van der Waals surface area contributed by atoms with Gasteiger partial charge in [-0.15, -0.1) is 0 Å². The van der Waals surface area contributed by atoms with Crippen LogP contribution >= 0.6 is 0 Å². The van der Waals surface area contributed by atoms with Crippen LogP contribution in [0.15, 0.2) is 4.99 Å². The predicted octanol–water partition coefficient (Wildman–Crippen LogP) is 1.09. The molecule has 2 fully saturated rings. The Hall–Kier alpha value is -0.730. The smallest absolute Gasteiger partial charge is 0.192 e. The highest BCUT2D eigenvalue weighted by Crippen LogP contribution is 2.44. The average molecular weight is 179 g/mol. The van der Waals surface area contributed by atoms with Gasteiger partial charge in [-0.1, -0.05) is 12.8 Å².